The summed E-state index contributed by atoms with van der Waals surface area (Å²) in [5, 5.41) is 9.33. The maximum atomic E-state index is 12.1. The molecule has 1 aliphatic heterocycles. The number of carboxylic acids is 1. The van der Waals surface area contributed by atoms with Crippen molar-refractivity contribution in [1.82, 2.24) is 4.90 Å². The van der Waals surface area contributed by atoms with Crippen molar-refractivity contribution in [2.75, 3.05) is 25.4 Å². The van der Waals surface area contributed by atoms with Crippen LogP contribution in [0.25, 0.3) is 0 Å². The second-order valence-electron chi connectivity index (χ2n) is 6.71. The summed E-state index contributed by atoms with van der Waals surface area (Å²) >= 11 is 0. The van der Waals surface area contributed by atoms with Crippen molar-refractivity contribution in [1.29, 1.82) is 0 Å². The van der Waals surface area contributed by atoms with Gasteiger partial charge in [0.2, 0.25) is 0 Å². The second-order valence-corrected chi connectivity index (χ2v) is 9.57. The normalized spacial score (nSPS) is 20.8. The molecule has 20 heavy (non-hydrogen) atoms. The number of carboxylic acid groups (broad SMARTS) is 1. The van der Waals surface area contributed by atoms with Crippen LogP contribution in [0.5, 0.6) is 0 Å². The highest BCUT2D eigenvalue weighted by molar-refractivity contribution is 7.92. The minimum atomic E-state index is -3.11. The molecule has 1 N–H and O–H groups in total. The van der Waals surface area contributed by atoms with E-state index in [0.29, 0.717) is 38.9 Å². The Morgan fingerprint density at radius 1 is 1.25 bits per heavy atom. The lowest BCUT2D eigenvalue weighted by atomic mass is 9.76. The largest absolute Gasteiger partial charge is 0.481 e. The van der Waals surface area contributed by atoms with E-state index in [1.54, 1.807) is 20.8 Å². The Balaban J connectivity index is 2.54. The molecule has 1 saturated heterocycles. The molecule has 1 aliphatic rings. The third kappa shape index (κ3) is 3.73. The molecule has 0 saturated carbocycles. The van der Waals surface area contributed by atoms with E-state index < -0.39 is 26.0 Å². The van der Waals surface area contributed by atoms with E-state index >= 15 is 0 Å². The van der Waals surface area contributed by atoms with E-state index in [-0.39, 0.29) is 5.75 Å². The van der Waals surface area contributed by atoms with Crippen LogP contribution >= 0.6 is 0 Å². The minimum Gasteiger partial charge on any atom is -0.481 e. The molecule has 0 spiro atoms. The average molecular weight is 305 g/mol. The number of aliphatic carboxylic acids is 1. The number of nitrogens with zero attached hydrogens (tertiary/aromatic N) is 1. The number of hydrogen-bond acceptors (Lipinski definition) is 4. The molecule has 0 bridgehead atoms. The highest BCUT2D eigenvalue weighted by Gasteiger charge is 2.40. The van der Waals surface area contributed by atoms with Gasteiger partial charge in [-0.3, -0.25) is 4.79 Å². The first-order valence-electron chi connectivity index (χ1n) is 7.22. The number of hydrogen-bond donors (Lipinski definition) is 1. The van der Waals surface area contributed by atoms with Gasteiger partial charge in [0.15, 0.2) is 9.84 Å². The van der Waals surface area contributed by atoms with E-state index in [2.05, 4.69) is 4.90 Å². The van der Waals surface area contributed by atoms with Gasteiger partial charge >= 0.3 is 5.97 Å². The molecule has 6 heteroatoms. The van der Waals surface area contributed by atoms with Crippen LogP contribution in [-0.2, 0) is 14.6 Å². The molecule has 0 atom stereocenters. The zero-order chi connectivity index (χ0) is 15.6. The maximum Gasteiger partial charge on any atom is 0.309 e. The molecule has 0 aromatic heterocycles. The van der Waals surface area contributed by atoms with Crippen molar-refractivity contribution < 1.29 is 18.3 Å². The molecule has 0 aromatic carbocycles. The Morgan fingerprint density at radius 2 is 1.75 bits per heavy atom. The van der Waals surface area contributed by atoms with E-state index in [1.807, 2.05) is 6.92 Å². The monoisotopic (exact) mass is 305 g/mol. The molecule has 118 valence electrons. The smallest absolute Gasteiger partial charge is 0.309 e. The van der Waals surface area contributed by atoms with Gasteiger partial charge in [0.1, 0.15) is 0 Å². The number of sulfone groups is 1. The highest BCUT2D eigenvalue weighted by atomic mass is 32.2. The van der Waals surface area contributed by atoms with Gasteiger partial charge in [-0.25, -0.2) is 8.42 Å². The van der Waals surface area contributed by atoms with Crippen LogP contribution in [0.1, 0.15) is 47.0 Å². The quantitative estimate of drug-likeness (QED) is 0.838. The lowest BCUT2D eigenvalue weighted by molar-refractivity contribution is -0.152. The van der Waals surface area contributed by atoms with Crippen molar-refractivity contribution >= 4 is 15.8 Å². The fourth-order valence-electron chi connectivity index (χ4n) is 2.48. The van der Waals surface area contributed by atoms with E-state index in [0.717, 1.165) is 0 Å². The molecule has 0 aromatic rings. The third-order valence-electron chi connectivity index (χ3n) is 4.55. The number of carbonyl (C=O) groups is 1. The Labute approximate surface area is 122 Å². The number of likely N-dealkylation sites (tertiary alicyclic amines) is 1. The van der Waals surface area contributed by atoms with E-state index in [4.69, 9.17) is 0 Å². The molecule has 0 unspecified atom stereocenters. The summed E-state index contributed by atoms with van der Waals surface area (Å²) in [6, 6.07) is 0. The SMILES string of the molecule is CCC1(C(=O)O)CCN(CCS(=O)(=O)C(C)(C)C)CC1. The molecule has 1 fully saturated rings. The van der Waals surface area contributed by atoms with Crippen molar-refractivity contribution in [2.24, 2.45) is 5.41 Å². The van der Waals surface area contributed by atoms with Crippen LogP contribution in [0.4, 0.5) is 0 Å². The van der Waals surface area contributed by atoms with Crippen molar-refractivity contribution in [3.63, 3.8) is 0 Å². The van der Waals surface area contributed by atoms with Gasteiger partial charge in [-0.15, -0.1) is 0 Å². The summed E-state index contributed by atoms with van der Waals surface area (Å²) in [4.78, 5) is 13.4. The third-order valence-corrected chi connectivity index (χ3v) is 7.14. The summed E-state index contributed by atoms with van der Waals surface area (Å²) in [6.07, 6.45) is 1.85. The lowest BCUT2D eigenvalue weighted by Gasteiger charge is -2.38. The molecular formula is C14H27NO4S. The van der Waals surface area contributed by atoms with Gasteiger partial charge in [-0.05, 0) is 53.1 Å². The van der Waals surface area contributed by atoms with Gasteiger partial charge in [0, 0.05) is 6.54 Å². The first kappa shape index (κ1) is 17.4. The fraction of sp³-hybridized carbons (Fsp3) is 0.929. The molecular weight excluding hydrogens is 278 g/mol. The predicted molar refractivity (Wildman–Crippen MR) is 79.6 cm³/mol. The topological polar surface area (TPSA) is 74.7 Å². The van der Waals surface area contributed by atoms with E-state index in [1.165, 1.54) is 0 Å². The average Bonchev–Trinajstić information content (AvgIpc) is 2.35. The van der Waals surface area contributed by atoms with Gasteiger partial charge < -0.3 is 10.0 Å². The predicted octanol–water partition coefficient (Wildman–Crippen LogP) is 1.78. The first-order chi connectivity index (χ1) is 9.04. The number of piperidine rings is 1. The zero-order valence-electron chi connectivity index (χ0n) is 13.0. The van der Waals surface area contributed by atoms with Crippen LogP contribution in [0.2, 0.25) is 0 Å². The van der Waals surface area contributed by atoms with Crippen molar-refractivity contribution in [3.05, 3.63) is 0 Å². The minimum absolute atomic E-state index is 0.142. The van der Waals surface area contributed by atoms with Gasteiger partial charge in [0.25, 0.3) is 0 Å². The molecule has 0 amide bonds. The summed E-state index contributed by atoms with van der Waals surface area (Å²) in [6.45, 7) is 8.88. The maximum absolute atomic E-state index is 12.1. The van der Waals surface area contributed by atoms with E-state index in [9.17, 15) is 18.3 Å². The molecule has 1 rings (SSSR count). The summed E-state index contributed by atoms with van der Waals surface area (Å²) in [5.74, 6) is -0.579. The van der Waals surface area contributed by atoms with Crippen LogP contribution in [0.3, 0.4) is 0 Å². The van der Waals surface area contributed by atoms with Gasteiger partial charge in [-0.2, -0.15) is 0 Å². The number of rotatable bonds is 5. The van der Waals surface area contributed by atoms with Crippen LogP contribution < -0.4 is 0 Å². The van der Waals surface area contributed by atoms with Crippen molar-refractivity contribution in [3.8, 4) is 0 Å². The fourth-order valence-corrected chi connectivity index (χ4v) is 3.59. The van der Waals surface area contributed by atoms with Crippen molar-refractivity contribution in [2.45, 2.75) is 51.7 Å². The van der Waals surface area contributed by atoms with Crippen LogP contribution in [-0.4, -0.2) is 54.5 Å². The zero-order valence-corrected chi connectivity index (χ0v) is 13.8. The highest BCUT2D eigenvalue weighted by Crippen LogP contribution is 2.35. The Bertz CT molecular complexity index is 442. The van der Waals surface area contributed by atoms with Gasteiger partial charge in [0.05, 0.1) is 15.9 Å². The summed E-state index contributed by atoms with van der Waals surface area (Å²) < 4.78 is 23.4. The lowest BCUT2D eigenvalue weighted by Crippen LogP contribution is -2.46. The summed E-state index contributed by atoms with van der Waals surface area (Å²) in [5.41, 5.74) is -0.612. The Kier molecular flexibility index (Phi) is 5.24. The summed E-state index contributed by atoms with van der Waals surface area (Å²) in [7, 11) is -3.11. The molecule has 0 aliphatic carbocycles. The first-order valence-corrected chi connectivity index (χ1v) is 8.87. The standard InChI is InChI=1S/C14H27NO4S/c1-5-14(12(16)17)6-8-15(9-7-14)10-11-20(18,19)13(2,3)4/h5-11H2,1-4H3,(H,16,17). The van der Waals surface area contributed by atoms with Gasteiger partial charge in [-0.1, -0.05) is 6.92 Å². The van der Waals surface area contributed by atoms with Crippen LogP contribution in [0.15, 0.2) is 0 Å². The molecule has 1 heterocycles. The Hall–Kier alpha value is -0.620. The molecule has 5 nitrogen and oxygen atoms in total. The molecule has 0 radical (unpaired) electrons. The Morgan fingerprint density at radius 3 is 2.10 bits per heavy atom. The van der Waals surface area contributed by atoms with Crippen LogP contribution in [0, 0.1) is 5.41 Å². The second kappa shape index (κ2) is 6.02.